The molecular formula is C25H29FN8O. The minimum Gasteiger partial charge on any atom is -0.395 e. The lowest BCUT2D eigenvalue weighted by atomic mass is 10.0. The number of anilines is 3. The van der Waals surface area contributed by atoms with Crippen molar-refractivity contribution in [2.45, 2.75) is 25.8 Å². The molecule has 0 bridgehead atoms. The molecule has 1 aliphatic rings. The maximum absolute atomic E-state index is 14.8. The molecule has 0 saturated carbocycles. The van der Waals surface area contributed by atoms with E-state index in [2.05, 4.69) is 49.4 Å². The van der Waals surface area contributed by atoms with E-state index in [1.54, 1.807) is 6.20 Å². The van der Waals surface area contributed by atoms with Crippen LogP contribution in [-0.4, -0.2) is 62.1 Å². The van der Waals surface area contributed by atoms with E-state index in [1.807, 2.05) is 42.1 Å². The number of aryl methyl sites for hydroxylation is 1. The minimum atomic E-state index is -0.495. The second-order valence-corrected chi connectivity index (χ2v) is 9.09. The third-order valence-electron chi connectivity index (χ3n) is 6.27. The fraction of sp³-hybridized carbons (Fsp3) is 0.360. The average molecular weight is 477 g/mol. The van der Waals surface area contributed by atoms with Gasteiger partial charge in [-0.2, -0.15) is 5.10 Å². The van der Waals surface area contributed by atoms with E-state index in [-0.39, 0.29) is 30.2 Å². The van der Waals surface area contributed by atoms with Crippen LogP contribution in [0.5, 0.6) is 0 Å². The number of nitrogens with one attached hydrogen (secondary N) is 2. The summed E-state index contributed by atoms with van der Waals surface area (Å²) in [5.74, 6) is 0.604. The Morgan fingerprint density at radius 2 is 2.06 bits per heavy atom. The lowest BCUT2D eigenvalue weighted by molar-refractivity contribution is 0.235. The number of hydrogen-bond acceptors (Lipinski definition) is 8. The van der Waals surface area contributed by atoms with Crippen molar-refractivity contribution in [3.63, 3.8) is 0 Å². The summed E-state index contributed by atoms with van der Waals surface area (Å²) < 4.78 is 16.6. The van der Waals surface area contributed by atoms with Gasteiger partial charge in [0.2, 0.25) is 5.95 Å². The smallest absolute Gasteiger partial charge is 0.229 e. The number of hydrogen-bond donors (Lipinski definition) is 3. The molecule has 1 unspecified atom stereocenters. The Hall–Kier alpha value is -3.63. The highest BCUT2D eigenvalue weighted by atomic mass is 19.1. The third kappa shape index (κ3) is 4.67. The zero-order chi connectivity index (χ0) is 24.5. The Bertz CT molecular complexity index is 1340. The number of pyridine rings is 1. The first-order chi connectivity index (χ1) is 16.9. The van der Waals surface area contributed by atoms with Crippen LogP contribution in [0.3, 0.4) is 0 Å². The van der Waals surface area contributed by atoms with Gasteiger partial charge in [0, 0.05) is 49.4 Å². The van der Waals surface area contributed by atoms with Gasteiger partial charge in [0.05, 0.1) is 30.2 Å². The van der Waals surface area contributed by atoms with E-state index in [9.17, 15) is 9.50 Å². The maximum Gasteiger partial charge on any atom is 0.229 e. The first-order valence-corrected chi connectivity index (χ1v) is 11.7. The molecule has 0 radical (unpaired) electrons. The van der Waals surface area contributed by atoms with Crippen molar-refractivity contribution in [2.24, 2.45) is 7.05 Å². The number of nitrogens with zero attached hydrogens (tertiary/aromatic N) is 6. The molecule has 4 heterocycles. The van der Waals surface area contributed by atoms with Crippen LogP contribution in [-0.2, 0) is 7.05 Å². The molecule has 35 heavy (non-hydrogen) atoms. The number of benzene rings is 1. The van der Waals surface area contributed by atoms with Crippen LogP contribution in [0.25, 0.3) is 22.2 Å². The summed E-state index contributed by atoms with van der Waals surface area (Å²) in [6.45, 7) is 6.69. The molecule has 5 rings (SSSR count). The number of aromatic nitrogens is 5. The fourth-order valence-corrected chi connectivity index (χ4v) is 4.62. The summed E-state index contributed by atoms with van der Waals surface area (Å²) in [6, 6.07) is 9.51. The predicted molar refractivity (Wildman–Crippen MR) is 134 cm³/mol. The number of aliphatic hydroxyl groups excluding tert-OH is 1. The lowest BCUT2D eigenvalue weighted by Crippen LogP contribution is -2.52. The van der Waals surface area contributed by atoms with Crippen molar-refractivity contribution in [3.05, 3.63) is 54.2 Å². The standard InChI is InChI=1S/C25H29FN8O/c1-15(2)24-19-10-16(4-6-21(19)32-33(24)3)23-20(26)12-29-25(31-23)30-22-7-5-18(11-28-22)34-9-8-27-17(13-34)14-35/h4-7,10-12,15,17,27,35H,8-9,13-14H2,1-3H3,(H,28,29,30,31). The third-order valence-corrected chi connectivity index (χ3v) is 6.27. The van der Waals surface area contributed by atoms with E-state index in [4.69, 9.17) is 0 Å². The summed E-state index contributed by atoms with van der Waals surface area (Å²) >= 11 is 0. The van der Waals surface area contributed by atoms with Crippen molar-refractivity contribution < 1.29 is 9.50 Å². The van der Waals surface area contributed by atoms with Gasteiger partial charge in [0.15, 0.2) is 5.82 Å². The van der Waals surface area contributed by atoms with Crippen LogP contribution in [0.2, 0.25) is 0 Å². The van der Waals surface area contributed by atoms with Crippen LogP contribution >= 0.6 is 0 Å². The van der Waals surface area contributed by atoms with Crippen LogP contribution < -0.4 is 15.5 Å². The van der Waals surface area contributed by atoms with E-state index in [1.165, 1.54) is 6.20 Å². The minimum absolute atomic E-state index is 0.0510. The van der Waals surface area contributed by atoms with Crippen molar-refractivity contribution in [1.82, 2.24) is 30.0 Å². The van der Waals surface area contributed by atoms with Gasteiger partial charge >= 0.3 is 0 Å². The SMILES string of the molecule is CC(C)c1c2cc(-c3nc(Nc4ccc(N5CCNC(CO)C5)cn4)ncc3F)ccc2nn1C. The molecule has 182 valence electrons. The van der Waals surface area contributed by atoms with Gasteiger partial charge in [-0.3, -0.25) is 4.68 Å². The largest absolute Gasteiger partial charge is 0.395 e. The highest BCUT2D eigenvalue weighted by Gasteiger charge is 2.19. The zero-order valence-corrected chi connectivity index (χ0v) is 20.0. The molecule has 1 saturated heterocycles. The van der Waals surface area contributed by atoms with Gasteiger partial charge in [-0.15, -0.1) is 0 Å². The van der Waals surface area contributed by atoms with Crippen LogP contribution in [0.15, 0.2) is 42.7 Å². The van der Waals surface area contributed by atoms with Gasteiger partial charge < -0.3 is 20.6 Å². The molecule has 3 N–H and O–H groups in total. The monoisotopic (exact) mass is 476 g/mol. The normalized spacial score (nSPS) is 16.3. The van der Waals surface area contributed by atoms with E-state index in [0.29, 0.717) is 11.4 Å². The Kier molecular flexibility index (Phi) is 6.31. The van der Waals surface area contributed by atoms with E-state index in [0.717, 1.165) is 41.9 Å². The summed E-state index contributed by atoms with van der Waals surface area (Å²) in [6.07, 6.45) is 2.95. The number of aliphatic hydroxyl groups is 1. The highest BCUT2D eigenvalue weighted by molar-refractivity contribution is 5.86. The second-order valence-electron chi connectivity index (χ2n) is 9.09. The zero-order valence-electron chi connectivity index (χ0n) is 20.0. The molecule has 4 aromatic rings. The van der Waals surface area contributed by atoms with Crippen molar-refractivity contribution in [2.75, 3.05) is 36.5 Å². The molecule has 0 spiro atoms. The molecule has 1 atom stereocenters. The maximum atomic E-state index is 14.8. The van der Waals surface area contributed by atoms with Gasteiger partial charge in [-0.1, -0.05) is 19.9 Å². The number of halogens is 1. The number of piperazine rings is 1. The highest BCUT2D eigenvalue weighted by Crippen LogP contribution is 2.30. The molecule has 3 aromatic heterocycles. The Morgan fingerprint density at radius 3 is 2.80 bits per heavy atom. The first-order valence-electron chi connectivity index (χ1n) is 11.7. The Balaban J connectivity index is 1.39. The predicted octanol–water partition coefficient (Wildman–Crippen LogP) is 3.20. The van der Waals surface area contributed by atoms with Gasteiger partial charge in [-0.05, 0) is 30.2 Å². The number of fused-ring (bicyclic) bond motifs is 1. The Morgan fingerprint density at radius 1 is 1.20 bits per heavy atom. The summed E-state index contributed by atoms with van der Waals surface area (Å²) in [4.78, 5) is 15.2. The van der Waals surface area contributed by atoms with Crippen molar-refractivity contribution >= 4 is 28.4 Å². The lowest BCUT2D eigenvalue weighted by Gasteiger charge is -2.34. The van der Waals surface area contributed by atoms with Crippen LogP contribution in [0.4, 0.5) is 21.8 Å². The van der Waals surface area contributed by atoms with Gasteiger partial charge in [0.25, 0.3) is 0 Å². The fourth-order valence-electron chi connectivity index (χ4n) is 4.62. The van der Waals surface area contributed by atoms with Crippen molar-refractivity contribution in [3.8, 4) is 11.3 Å². The first kappa shape index (κ1) is 23.1. The average Bonchev–Trinajstić information content (AvgIpc) is 3.20. The van der Waals surface area contributed by atoms with Crippen LogP contribution in [0, 0.1) is 5.82 Å². The van der Waals surface area contributed by atoms with Gasteiger partial charge in [0.1, 0.15) is 11.5 Å². The molecule has 1 fully saturated rings. The second kappa shape index (κ2) is 9.55. The molecule has 0 aliphatic carbocycles. The number of rotatable bonds is 6. The summed E-state index contributed by atoms with van der Waals surface area (Å²) in [5, 5.41) is 21.3. The Labute approximate surface area is 203 Å². The van der Waals surface area contributed by atoms with E-state index < -0.39 is 5.82 Å². The summed E-state index contributed by atoms with van der Waals surface area (Å²) in [5.41, 5.74) is 3.81. The van der Waals surface area contributed by atoms with Gasteiger partial charge in [-0.25, -0.2) is 19.3 Å². The quantitative estimate of drug-likeness (QED) is 0.390. The molecule has 9 nitrogen and oxygen atoms in total. The van der Waals surface area contributed by atoms with E-state index >= 15 is 0 Å². The molecule has 10 heteroatoms. The molecule has 1 aliphatic heterocycles. The van der Waals surface area contributed by atoms with Crippen molar-refractivity contribution in [1.29, 1.82) is 0 Å². The molecular weight excluding hydrogens is 447 g/mol. The topological polar surface area (TPSA) is 104 Å². The summed E-state index contributed by atoms with van der Waals surface area (Å²) in [7, 11) is 1.92. The molecule has 0 amide bonds. The van der Waals surface area contributed by atoms with Crippen LogP contribution in [0.1, 0.15) is 25.5 Å². The molecule has 1 aromatic carbocycles.